The molecule has 0 fully saturated rings. The van der Waals surface area contributed by atoms with Crippen LogP contribution in [0.1, 0.15) is 23.2 Å². The molecule has 5 nitrogen and oxygen atoms in total. The SMILES string of the molecule is N#Cc1c(C(F)F)cnc(CCl)c1[N+](=O)[O-]. The molecule has 0 aromatic carbocycles. The highest BCUT2D eigenvalue weighted by molar-refractivity contribution is 6.17. The molecule has 8 heteroatoms. The van der Waals surface area contributed by atoms with E-state index in [1.807, 2.05) is 0 Å². The van der Waals surface area contributed by atoms with Crippen LogP contribution >= 0.6 is 11.6 Å². The van der Waals surface area contributed by atoms with Crippen molar-refractivity contribution < 1.29 is 13.7 Å². The molecule has 0 spiro atoms. The van der Waals surface area contributed by atoms with E-state index in [1.54, 1.807) is 0 Å². The maximum atomic E-state index is 12.4. The smallest absolute Gasteiger partial charge is 0.258 e. The van der Waals surface area contributed by atoms with Gasteiger partial charge in [0.2, 0.25) is 0 Å². The molecule has 0 saturated heterocycles. The lowest BCUT2D eigenvalue weighted by Crippen LogP contribution is -2.04. The first kappa shape index (κ1) is 12.3. The molecule has 0 aliphatic carbocycles. The molecule has 0 aliphatic heterocycles. The van der Waals surface area contributed by atoms with Gasteiger partial charge in [0.05, 0.1) is 16.4 Å². The van der Waals surface area contributed by atoms with Gasteiger partial charge in [-0.25, -0.2) is 8.78 Å². The first-order valence-corrected chi connectivity index (χ1v) is 4.46. The first-order valence-electron chi connectivity index (χ1n) is 3.93. The number of nitriles is 1. The number of nitro groups is 1. The zero-order chi connectivity index (χ0) is 12.3. The van der Waals surface area contributed by atoms with Gasteiger partial charge in [0.25, 0.3) is 6.43 Å². The van der Waals surface area contributed by atoms with E-state index in [0.717, 1.165) is 6.20 Å². The molecule has 1 rings (SSSR count). The molecule has 0 aliphatic rings. The minimum absolute atomic E-state index is 0.201. The van der Waals surface area contributed by atoms with E-state index in [0.29, 0.717) is 0 Å². The van der Waals surface area contributed by atoms with Gasteiger partial charge in [-0.3, -0.25) is 15.1 Å². The fraction of sp³-hybridized carbons (Fsp3) is 0.250. The fourth-order valence-electron chi connectivity index (χ4n) is 1.13. The van der Waals surface area contributed by atoms with Crippen molar-refractivity contribution in [3.63, 3.8) is 0 Å². The van der Waals surface area contributed by atoms with Crippen molar-refractivity contribution in [2.24, 2.45) is 0 Å². The summed E-state index contributed by atoms with van der Waals surface area (Å²) in [6.07, 6.45) is -2.27. The molecule has 0 amide bonds. The van der Waals surface area contributed by atoms with Crippen molar-refractivity contribution in [2.75, 3.05) is 0 Å². The van der Waals surface area contributed by atoms with Gasteiger partial charge in [-0.05, 0) is 0 Å². The van der Waals surface area contributed by atoms with Crippen molar-refractivity contribution in [1.29, 1.82) is 5.26 Å². The number of nitrogens with zero attached hydrogens (tertiary/aromatic N) is 3. The molecule has 0 bridgehead atoms. The van der Waals surface area contributed by atoms with E-state index >= 15 is 0 Å². The lowest BCUT2D eigenvalue weighted by Gasteiger charge is -2.05. The maximum absolute atomic E-state index is 12.4. The molecule has 0 atom stereocenters. The number of halogens is 3. The summed E-state index contributed by atoms with van der Waals surface area (Å²) in [5.74, 6) is -0.325. The minimum atomic E-state index is -3.00. The highest BCUT2D eigenvalue weighted by atomic mass is 35.5. The highest BCUT2D eigenvalue weighted by Gasteiger charge is 2.27. The van der Waals surface area contributed by atoms with Crippen LogP contribution in [0.2, 0.25) is 0 Å². The van der Waals surface area contributed by atoms with E-state index in [-0.39, 0.29) is 11.6 Å². The van der Waals surface area contributed by atoms with Crippen molar-refractivity contribution in [2.45, 2.75) is 12.3 Å². The minimum Gasteiger partial charge on any atom is -0.258 e. The number of aromatic nitrogens is 1. The van der Waals surface area contributed by atoms with Gasteiger partial charge in [0.15, 0.2) is 0 Å². The maximum Gasteiger partial charge on any atom is 0.310 e. The quantitative estimate of drug-likeness (QED) is 0.467. The number of pyridine rings is 1. The summed E-state index contributed by atoms with van der Waals surface area (Å²) in [7, 11) is 0. The Morgan fingerprint density at radius 1 is 1.69 bits per heavy atom. The molecule has 84 valence electrons. The van der Waals surface area contributed by atoms with E-state index in [9.17, 15) is 18.9 Å². The average molecular weight is 248 g/mol. The van der Waals surface area contributed by atoms with Gasteiger partial charge < -0.3 is 0 Å². The number of rotatable bonds is 3. The number of alkyl halides is 3. The second-order valence-corrected chi connectivity index (χ2v) is 2.95. The molecular weight excluding hydrogens is 244 g/mol. The second-order valence-electron chi connectivity index (χ2n) is 2.69. The first-order chi connectivity index (χ1) is 7.52. The van der Waals surface area contributed by atoms with Gasteiger partial charge in [0.1, 0.15) is 17.3 Å². The Bertz CT molecular complexity index is 473. The van der Waals surface area contributed by atoms with E-state index in [4.69, 9.17) is 16.9 Å². The molecule has 0 unspecified atom stereocenters. The van der Waals surface area contributed by atoms with Gasteiger partial charge in [0, 0.05) is 6.20 Å². The van der Waals surface area contributed by atoms with Crippen LogP contribution in [-0.4, -0.2) is 9.91 Å². The Morgan fingerprint density at radius 2 is 2.31 bits per heavy atom. The fourth-order valence-corrected chi connectivity index (χ4v) is 1.33. The molecule has 0 saturated carbocycles. The van der Waals surface area contributed by atoms with Crippen LogP contribution < -0.4 is 0 Å². The molecule has 1 aromatic rings. The molecule has 1 heterocycles. The van der Waals surface area contributed by atoms with Crippen LogP contribution in [0.3, 0.4) is 0 Å². The Balaban J connectivity index is 3.58. The van der Waals surface area contributed by atoms with Crippen molar-refractivity contribution in [3.05, 3.63) is 33.1 Å². The third-order valence-electron chi connectivity index (χ3n) is 1.81. The average Bonchev–Trinajstić information content (AvgIpc) is 2.26. The molecule has 1 aromatic heterocycles. The zero-order valence-electron chi connectivity index (χ0n) is 7.65. The molecular formula is C8H4ClF2N3O2. The second kappa shape index (κ2) is 4.81. The predicted molar refractivity (Wildman–Crippen MR) is 50.1 cm³/mol. The summed E-state index contributed by atoms with van der Waals surface area (Å²) in [6.45, 7) is 0. The Hall–Kier alpha value is -1.81. The summed E-state index contributed by atoms with van der Waals surface area (Å²) in [4.78, 5) is 13.2. The normalized spacial score (nSPS) is 10.2. The third-order valence-corrected chi connectivity index (χ3v) is 2.07. The Kier molecular flexibility index (Phi) is 3.68. The third kappa shape index (κ3) is 2.06. The van der Waals surface area contributed by atoms with Crippen LogP contribution in [0.5, 0.6) is 0 Å². The van der Waals surface area contributed by atoms with E-state index in [2.05, 4.69) is 4.98 Å². The summed E-state index contributed by atoms with van der Waals surface area (Å²) in [5, 5.41) is 19.3. The summed E-state index contributed by atoms with van der Waals surface area (Å²) < 4.78 is 24.9. The van der Waals surface area contributed by atoms with Crippen LogP contribution in [0.4, 0.5) is 14.5 Å². The summed E-state index contributed by atoms with van der Waals surface area (Å²) >= 11 is 5.37. The number of hydrogen-bond acceptors (Lipinski definition) is 4. The van der Waals surface area contributed by atoms with Gasteiger partial charge in [-0.15, -0.1) is 11.6 Å². The standard InChI is InChI=1S/C8H4ClF2N3O2/c9-1-6-7(14(15)16)4(2-12)5(3-13-6)8(10)11/h3,8H,1H2. The van der Waals surface area contributed by atoms with E-state index in [1.165, 1.54) is 6.07 Å². The molecule has 0 N–H and O–H groups in total. The largest absolute Gasteiger partial charge is 0.310 e. The van der Waals surface area contributed by atoms with Crippen molar-refractivity contribution in [3.8, 4) is 6.07 Å². The van der Waals surface area contributed by atoms with Crippen molar-refractivity contribution in [1.82, 2.24) is 4.98 Å². The molecule has 0 radical (unpaired) electrons. The molecule has 16 heavy (non-hydrogen) atoms. The van der Waals surface area contributed by atoms with E-state index < -0.39 is 28.2 Å². The van der Waals surface area contributed by atoms with Crippen LogP contribution in [0, 0.1) is 21.4 Å². The Morgan fingerprint density at radius 3 is 2.69 bits per heavy atom. The van der Waals surface area contributed by atoms with Crippen LogP contribution in [0.25, 0.3) is 0 Å². The zero-order valence-corrected chi connectivity index (χ0v) is 8.41. The summed E-state index contributed by atoms with van der Waals surface area (Å²) in [5.41, 5.74) is -2.41. The van der Waals surface area contributed by atoms with Crippen LogP contribution in [-0.2, 0) is 5.88 Å². The van der Waals surface area contributed by atoms with Gasteiger partial charge >= 0.3 is 5.69 Å². The lowest BCUT2D eigenvalue weighted by molar-refractivity contribution is -0.386. The lowest BCUT2D eigenvalue weighted by atomic mass is 10.1. The van der Waals surface area contributed by atoms with Crippen molar-refractivity contribution >= 4 is 17.3 Å². The highest BCUT2D eigenvalue weighted by Crippen LogP contribution is 2.31. The topological polar surface area (TPSA) is 79.8 Å². The van der Waals surface area contributed by atoms with Gasteiger partial charge in [-0.2, -0.15) is 5.26 Å². The summed E-state index contributed by atoms with van der Waals surface area (Å²) in [6, 6.07) is 1.38. The van der Waals surface area contributed by atoms with Gasteiger partial charge in [-0.1, -0.05) is 0 Å². The number of hydrogen-bond donors (Lipinski definition) is 0. The monoisotopic (exact) mass is 247 g/mol. The Labute approximate surface area is 93.4 Å². The van der Waals surface area contributed by atoms with Crippen LogP contribution in [0.15, 0.2) is 6.20 Å². The predicted octanol–water partition coefficient (Wildman–Crippen LogP) is 2.54.